The summed E-state index contributed by atoms with van der Waals surface area (Å²) >= 11 is 0. The number of hydrogen-bond donors (Lipinski definition) is 2. The molecule has 0 bridgehead atoms. The van der Waals surface area contributed by atoms with Crippen molar-refractivity contribution in [3.05, 3.63) is 30.2 Å². The summed E-state index contributed by atoms with van der Waals surface area (Å²) in [4.78, 5) is 15.8. The molecule has 30 heavy (non-hydrogen) atoms. The fourth-order valence-corrected chi connectivity index (χ4v) is 4.53. The lowest BCUT2D eigenvalue weighted by atomic mass is 9.92. The first kappa shape index (κ1) is 20.8. The molecule has 8 heteroatoms. The van der Waals surface area contributed by atoms with Crippen molar-refractivity contribution in [3.63, 3.8) is 0 Å². The molecule has 0 amide bonds. The molecule has 3 heterocycles. The lowest BCUT2D eigenvalue weighted by molar-refractivity contribution is 0.115. The highest BCUT2D eigenvalue weighted by molar-refractivity contribution is 5.80. The lowest BCUT2D eigenvalue weighted by Crippen LogP contribution is -2.53. The standard InChI is InChI=1S/C22H33N7O/c1-23-22(26-17-8-7-15-29(16-17)18-9-3-2-4-10-18)25-14-12-20-27-21(30-28-20)19-11-5-6-13-24-19/h5-6,11,13,17-18H,2-4,7-10,12,14-16H2,1H3,(H2,23,25,26). The topological polar surface area (TPSA) is 91.5 Å². The maximum atomic E-state index is 5.32. The minimum atomic E-state index is 0.452. The van der Waals surface area contributed by atoms with Gasteiger partial charge in [0.1, 0.15) is 5.69 Å². The average Bonchev–Trinajstić information content (AvgIpc) is 3.29. The predicted octanol–water partition coefficient (Wildman–Crippen LogP) is 2.64. The van der Waals surface area contributed by atoms with Gasteiger partial charge in [0.25, 0.3) is 5.89 Å². The largest absolute Gasteiger partial charge is 0.356 e. The SMILES string of the molecule is CN=C(NCCc1noc(-c2ccccn2)n1)NC1CCCN(C2CCCCC2)C1. The molecular weight excluding hydrogens is 378 g/mol. The number of pyridine rings is 1. The van der Waals surface area contributed by atoms with Crippen LogP contribution in [0.25, 0.3) is 11.6 Å². The summed E-state index contributed by atoms with van der Waals surface area (Å²) in [5.41, 5.74) is 0.696. The second-order valence-corrected chi connectivity index (χ2v) is 8.25. The highest BCUT2D eigenvalue weighted by Crippen LogP contribution is 2.25. The first-order valence-electron chi connectivity index (χ1n) is 11.3. The van der Waals surface area contributed by atoms with Crippen molar-refractivity contribution in [3.8, 4) is 11.6 Å². The second-order valence-electron chi connectivity index (χ2n) is 8.25. The Morgan fingerprint density at radius 3 is 2.90 bits per heavy atom. The number of piperidine rings is 1. The third-order valence-electron chi connectivity index (χ3n) is 6.10. The lowest BCUT2D eigenvalue weighted by Gasteiger charge is -2.40. The van der Waals surface area contributed by atoms with Gasteiger partial charge in [0, 0.05) is 44.8 Å². The van der Waals surface area contributed by atoms with Gasteiger partial charge >= 0.3 is 0 Å². The van der Waals surface area contributed by atoms with Crippen LogP contribution >= 0.6 is 0 Å². The van der Waals surface area contributed by atoms with E-state index in [0.717, 1.165) is 18.5 Å². The van der Waals surface area contributed by atoms with E-state index in [-0.39, 0.29) is 0 Å². The van der Waals surface area contributed by atoms with Crippen LogP contribution in [0, 0.1) is 0 Å². The molecule has 1 atom stereocenters. The molecular formula is C22H33N7O. The van der Waals surface area contributed by atoms with Crippen molar-refractivity contribution >= 4 is 5.96 Å². The van der Waals surface area contributed by atoms with Crippen LogP contribution in [0.4, 0.5) is 0 Å². The maximum Gasteiger partial charge on any atom is 0.276 e. The Morgan fingerprint density at radius 2 is 2.10 bits per heavy atom. The average molecular weight is 412 g/mol. The van der Waals surface area contributed by atoms with Crippen LogP contribution < -0.4 is 10.6 Å². The van der Waals surface area contributed by atoms with Crippen LogP contribution in [0.5, 0.6) is 0 Å². The van der Waals surface area contributed by atoms with Crippen LogP contribution in [-0.2, 0) is 6.42 Å². The summed E-state index contributed by atoms with van der Waals surface area (Å²) in [6.07, 6.45) is 11.8. The zero-order valence-electron chi connectivity index (χ0n) is 17.9. The molecule has 0 aromatic carbocycles. The quantitative estimate of drug-likeness (QED) is 0.558. The van der Waals surface area contributed by atoms with Gasteiger partial charge in [-0.1, -0.05) is 30.5 Å². The summed E-state index contributed by atoms with van der Waals surface area (Å²) in [6, 6.07) is 6.87. The van der Waals surface area contributed by atoms with Crippen LogP contribution in [-0.4, -0.2) is 64.7 Å². The van der Waals surface area contributed by atoms with Gasteiger partial charge in [-0.3, -0.25) is 14.9 Å². The monoisotopic (exact) mass is 411 g/mol. The fourth-order valence-electron chi connectivity index (χ4n) is 4.53. The molecule has 2 aromatic heterocycles. The van der Waals surface area contributed by atoms with E-state index in [1.807, 2.05) is 25.2 Å². The fraction of sp³-hybridized carbons (Fsp3) is 0.636. The number of aromatic nitrogens is 3. The number of aliphatic imine (C=N–C) groups is 1. The molecule has 4 rings (SSSR count). The van der Waals surface area contributed by atoms with E-state index in [4.69, 9.17) is 4.52 Å². The molecule has 8 nitrogen and oxygen atoms in total. The molecule has 2 aliphatic rings. The summed E-state index contributed by atoms with van der Waals surface area (Å²) in [5.74, 6) is 1.97. The summed E-state index contributed by atoms with van der Waals surface area (Å²) < 4.78 is 5.32. The van der Waals surface area contributed by atoms with Crippen LogP contribution in [0.3, 0.4) is 0 Å². The van der Waals surface area contributed by atoms with Crippen molar-refractivity contribution in [2.45, 2.75) is 63.5 Å². The summed E-state index contributed by atoms with van der Waals surface area (Å²) in [6.45, 7) is 3.05. The van der Waals surface area contributed by atoms with E-state index in [0.29, 0.717) is 36.4 Å². The van der Waals surface area contributed by atoms with Crippen molar-refractivity contribution in [1.29, 1.82) is 0 Å². The minimum absolute atomic E-state index is 0.452. The third-order valence-corrected chi connectivity index (χ3v) is 6.10. The van der Waals surface area contributed by atoms with Crippen LogP contribution in [0.2, 0.25) is 0 Å². The van der Waals surface area contributed by atoms with Crippen molar-refractivity contribution in [2.75, 3.05) is 26.7 Å². The Bertz CT molecular complexity index is 801. The zero-order chi connectivity index (χ0) is 20.6. The van der Waals surface area contributed by atoms with Gasteiger partial charge in [-0.15, -0.1) is 0 Å². The number of hydrogen-bond acceptors (Lipinski definition) is 6. The first-order chi connectivity index (χ1) is 14.8. The predicted molar refractivity (Wildman–Crippen MR) is 117 cm³/mol. The molecule has 1 aliphatic carbocycles. The molecule has 162 valence electrons. The molecule has 0 radical (unpaired) electrons. The highest BCUT2D eigenvalue weighted by Gasteiger charge is 2.27. The van der Waals surface area contributed by atoms with Gasteiger partial charge in [-0.05, 0) is 44.4 Å². The second kappa shape index (κ2) is 10.5. The smallest absolute Gasteiger partial charge is 0.276 e. The minimum Gasteiger partial charge on any atom is -0.356 e. The normalized spacial score (nSPS) is 21.5. The van der Waals surface area contributed by atoms with Gasteiger partial charge in [-0.2, -0.15) is 4.98 Å². The van der Waals surface area contributed by atoms with E-state index >= 15 is 0 Å². The molecule has 2 fully saturated rings. The third kappa shape index (κ3) is 5.56. The van der Waals surface area contributed by atoms with Gasteiger partial charge in [0.05, 0.1) is 0 Å². The van der Waals surface area contributed by atoms with Crippen molar-refractivity contribution < 1.29 is 4.52 Å². The Kier molecular flexibility index (Phi) is 7.29. The Balaban J connectivity index is 1.23. The van der Waals surface area contributed by atoms with E-state index < -0.39 is 0 Å². The number of nitrogens with one attached hydrogen (secondary N) is 2. The van der Waals surface area contributed by atoms with Gasteiger partial charge < -0.3 is 15.2 Å². The molecule has 1 saturated heterocycles. The van der Waals surface area contributed by atoms with Crippen LogP contribution in [0.15, 0.2) is 33.9 Å². The van der Waals surface area contributed by atoms with E-state index in [1.165, 1.54) is 51.5 Å². The Labute approximate surface area is 178 Å². The van der Waals surface area contributed by atoms with Gasteiger partial charge in [-0.25, -0.2) is 0 Å². The summed E-state index contributed by atoms with van der Waals surface area (Å²) in [7, 11) is 1.82. The van der Waals surface area contributed by atoms with Gasteiger partial charge in [0.15, 0.2) is 11.8 Å². The Hall–Kier alpha value is -2.48. The summed E-state index contributed by atoms with van der Waals surface area (Å²) in [5, 5.41) is 11.1. The van der Waals surface area contributed by atoms with E-state index in [2.05, 4.69) is 35.7 Å². The number of rotatable bonds is 6. The highest BCUT2D eigenvalue weighted by atomic mass is 16.5. The molecule has 1 saturated carbocycles. The molecule has 1 unspecified atom stereocenters. The van der Waals surface area contributed by atoms with E-state index in [1.54, 1.807) is 6.20 Å². The molecule has 0 spiro atoms. The Morgan fingerprint density at radius 1 is 1.20 bits per heavy atom. The van der Waals surface area contributed by atoms with Gasteiger partial charge in [0.2, 0.25) is 0 Å². The zero-order valence-corrected chi connectivity index (χ0v) is 17.9. The molecule has 2 N–H and O–H groups in total. The van der Waals surface area contributed by atoms with Crippen molar-refractivity contribution in [1.82, 2.24) is 30.7 Å². The maximum absolute atomic E-state index is 5.32. The first-order valence-corrected chi connectivity index (χ1v) is 11.3. The number of guanidine groups is 1. The molecule has 1 aliphatic heterocycles. The van der Waals surface area contributed by atoms with E-state index in [9.17, 15) is 0 Å². The van der Waals surface area contributed by atoms with Crippen LogP contribution in [0.1, 0.15) is 50.8 Å². The number of nitrogens with zero attached hydrogens (tertiary/aromatic N) is 5. The van der Waals surface area contributed by atoms with Crippen molar-refractivity contribution in [2.24, 2.45) is 4.99 Å². The number of likely N-dealkylation sites (tertiary alicyclic amines) is 1. The molecule has 2 aromatic rings.